The molecule has 1 atom stereocenters. The molecule has 0 aliphatic carbocycles. The van der Waals surface area contributed by atoms with Gasteiger partial charge < -0.3 is 9.64 Å². The molecule has 1 saturated heterocycles. The molecule has 108 valence electrons. The maximum Gasteiger partial charge on any atom is 0.256 e. The van der Waals surface area contributed by atoms with Crippen molar-refractivity contribution in [2.45, 2.75) is 12.5 Å². The van der Waals surface area contributed by atoms with Gasteiger partial charge in [-0.25, -0.2) is 8.78 Å². The van der Waals surface area contributed by atoms with Crippen molar-refractivity contribution in [3.05, 3.63) is 47.0 Å². The topological polar surface area (TPSA) is 29.5 Å². The number of ether oxygens (including phenoxy) is 1. The van der Waals surface area contributed by atoms with E-state index < -0.39 is 22.6 Å². The predicted octanol–water partition coefficient (Wildman–Crippen LogP) is 3.04. The van der Waals surface area contributed by atoms with Gasteiger partial charge in [-0.05, 0) is 18.6 Å². The predicted molar refractivity (Wildman–Crippen MR) is 71.8 cm³/mol. The summed E-state index contributed by atoms with van der Waals surface area (Å²) in [5.74, 6) is -2.41. The Balaban J connectivity index is 2.09. The Bertz CT molecular complexity index is 536. The van der Waals surface area contributed by atoms with Crippen molar-refractivity contribution >= 4 is 17.5 Å². The van der Waals surface area contributed by atoms with Crippen LogP contribution in [0.4, 0.5) is 8.78 Å². The van der Waals surface area contributed by atoms with E-state index in [0.717, 1.165) is 12.1 Å². The third kappa shape index (κ3) is 2.99. The van der Waals surface area contributed by atoms with Crippen molar-refractivity contribution in [3.8, 4) is 0 Å². The first-order chi connectivity index (χ1) is 9.54. The highest BCUT2D eigenvalue weighted by atomic mass is 35.5. The lowest BCUT2D eigenvalue weighted by atomic mass is 10.2. The molecule has 1 amide bonds. The molecule has 1 aliphatic heterocycles. The second-order valence-electron chi connectivity index (χ2n) is 4.51. The third-order valence-corrected chi connectivity index (χ3v) is 3.49. The summed E-state index contributed by atoms with van der Waals surface area (Å²) in [5.41, 5.74) is -0.222. The standard InChI is InChI=1S/C14H14ClF2NO2/c1-2-7-20-9-5-6-18(8-9)14(19)10-3-4-11(16)12(15)13(10)17/h2-4,9H,1,5-8H2/t9-/m0/s1. The second kappa shape index (κ2) is 6.33. The minimum atomic E-state index is -1.02. The molecule has 1 heterocycles. The van der Waals surface area contributed by atoms with Gasteiger partial charge in [0.15, 0.2) is 5.82 Å². The number of halogens is 3. The minimum absolute atomic E-state index is 0.0871. The fourth-order valence-electron chi connectivity index (χ4n) is 2.11. The number of amides is 1. The van der Waals surface area contributed by atoms with Crippen molar-refractivity contribution in [2.24, 2.45) is 0 Å². The molecule has 2 rings (SSSR count). The van der Waals surface area contributed by atoms with E-state index in [1.807, 2.05) is 0 Å². The largest absolute Gasteiger partial charge is 0.372 e. The monoisotopic (exact) mass is 301 g/mol. The smallest absolute Gasteiger partial charge is 0.256 e. The summed E-state index contributed by atoms with van der Waals surface area (Å²) in [6.07, 6.45) is 2.22. The third-order valence-electron chi connectivity index (χ3n) is 3.15. The van der Waals surface area contributed by atoms with Gasteiger partial charge in [0.1, 0.15) is 10.8 Å². The molecule has 3 nitrogen and oxygen atoms in total. The molecule has 0 saturated carbocycles. The maximum atomic E-state index is 13.8. The number of hydrogen-bond donors (Lipinski definition) is 0. The Morgan fingerprint density at radius 2 is 2.30 bits per heavy atom. The molecule has 1 fully saturated rings. The number of nitrogens with zero attached hydrogens (tertiary/aromatic N) is 1. The summed E-state index contributed by atoms with van der Waals surface area (Å²) >= 11 is 5.47. The normalized spacial score (nSPS) is 18.4. The van der Waals surface area contributed by atoms with Gasteiger partial charge in [0.25, 0.3) is 5.91 Å². The minimum Gasteiger partial charge on any atom is -0.372 e. The van der Waals surface area contributed by atoms with Crippen LogP contribution in [0.15, 0.2) is 24.8 Å². The van der Waals surface area contributed by atoms with Gasteiger partial charge in [-0.3, -0.25) is 4.79 Å². The molecule has 0 radical (unpaired) electrons. The Morgan fingerprint density at radius 1 is 1.55 bits per heavy atom. The van der Waals surface area contributed by atoms with E-state index in [0.29, 0.717) is 26.1 Å². The average Bonchev–Trinajstić information content (AvgIpc) is 2.91. The van der Waals surface area contributed by atoms with Crippen LogP contribution in [0.25, 0.3) is 0 Å². The molecule has 0 bridgehead atoms. The average molecular weight is 302 g/mol. The highest BCUT2D eigenvalue weighted by Crippen LogP contribution is 2.24. The molecule has 20 heavy (non-hydrogen) atoms. The second-order valence-corrected chi connectivity index (χ2v) is 4.88. The molecule has 1 aromatic carbocycles. The summed E-state index contributed by atoms with van der Waals surface area (Å²) in [4.78, 5) is 13.7. The molecule has 1 aliphatic rings. The van der Waals surface area contributed by atoms with Gasteiger partial charge in [-0.1, -0.05) is 17.7 Å². The fourth-order valence-corrected chi connectivity index (χ4v) is 2.28. The van der Waals surface area contributed by atoms with Crippen LogP contribution in [-0.4, -0.2) is 36.6 Å². The quantitative estimate of drug-likeness (QED) is 0.632. The van der Waals surface area contributed by atoms with Crippen molar-refractivity contribution in [1.29, 1.82) is 0 Å². The SMILES string of the molecule is C=CCO[C@H]1CCN(C(=O)c2ccc(F)c(Cl)c2F)C1. The van der Waals surface area contributed by atoms with Crippen molar-refractivity contribution in [3.63, 3.8) is 0 Å². The molecule has 6 heteroatoms. The molecular weight excluding hydrogens is 288 g/mol. The first-order valence-electron chi connectivity index (χ1n) is 6.20. The van der Waals surface area contributed by atoms with E-state index in [4.69, 9.17) is 16.3 Å². The summed E-state index contributed by atoms with van der Waals surface area (Å²) < 4.78 is 32.3. The number of rotatable bonds is 4. The lowest BCUT2D eigenvalue weighted by Crippen LogP contribution is -2.31. The van der Waals surface area contributed by atoms with Crippen LogP contribution in [0.3, 0.4) is 0 Å². The van der Waals surface area contributed by atoms with Crippen molar-refractivity contribution in [2.75, 3.05) is 19.7 Å². The van der Waals surface area contributed by atoms with Crippen LogP contribution in [0.2, 0.25) is 5.02 Å². The van der Waals surface area contributed by atoms with Crippen LogP contribution in [0.1, 0.15) is 16.8 Å². The van der Waals surface area contributed by atoms with Crippen molar-refractivity contribution in [1.82, 2.24) is 4.90 Å². The van der Waals surface area contributed by atoms with Crippen LogP contribution < -0.4 is 0 Å². The van der Waals surface area contributed by atoms with Gasteiger partial charge in [0.2, 0.25) is 0 Å². The van der Waals surface area contributed by atoms with Crippen molar-refractivity contribution < 1.29 is 18.3 Å². The summed E-state index contributed by atoms with van der Waals surface area (Å²) in [6.45, 7) is 4.80. The molecule has 0 aromatic heterocycles. The summed E-state index contributed by atoms with van der Waals surface area (Å²) in [5, 5.41) is -0.658. The Morgan fingerprint density at radius 3 is 3.00 bits per heavy atom. The van der Waals surface area contributed by atoms with Gasteiger partial charge in [0.05, 0.1) is 18.3 Å². The zero-order valence-corrected chi connectivity index (χ0v) is 11.5. The fraction of sp³-hybridized carbons (Fsp3) is 0.357. The van der Waals surface area contributed by atoms with Gasteiger partial charge in [0, 0.05) is 13.1 Å². The van der Waals surface area contributed by atoms with Crippen LogP contribution >= 0.6 is 11.6 Å². The molecule has 0 N–H and O–H groups in total. The van der Waals surface area contributed by atoms with E-state index in [-0.39, 0.29) is 11.7 Å². The van der Waals surface area contributed by atoms with E-state index in [1.165, 1.54) is 4.90 Å². The highest BCUT2D eigenvalue weighted by molar-refractivity contribution is 6.31. The molecule has 0 spiro atoms. The van der Waals surface area contributed by atoms with Crippen LogP contribution in [-0.2, 0) is 4.74 Å². The van der Waals surface area contributed by atoms with E-state index in [1.54, 1.807) is 6.08 Å². The van der Waals surface area contributed by atoms with E-state index >= 15 is 0 Å². The zero-order valence-electron chi connectivity index (χ0n) is 10.7. The van der Waals surface area contributed by atoms with E-state index in [9.17, 15) is 13.6 Å². The number of carbonyl (C=O) groups excluding carboxylic acids is 1. The lowest BCUT2D eigenvalue weighted by molar-refractivity contribution is 0.0651. The highest BCUT2D eigenvalue weighted by Gasteiger charge is 2.29. The van der Waals surface area contributed by atoms with Gasteiger partial charge >= 0.3 is 0 Å². The first-order valence-corrected chi connectivity index (χ1v) is 6.57. The molecular formula is C14H14ClF2NO2. The summed E-state index contributed by atoms with van der Waals surface area (Å²) in [6, 6.07) is 2.09. The van der Waals surface area contributed by atoms with Gasteiger partial charge in [-0.2, -0.15) is 0 Å². The number of benzene rings is 1. The molecule has 1 aromatic rings. The lowest BCUT2D eigenvalue weighted by Gasteiger charge is -2.17. The molecule has 0 unspecified atom stereocenters. The van der Waals surface area contributed by atoms with Crippen LogP contribution in [0.5, 0.6) is 0 Å². The number of carbonyl (C=O) groups is 1. The Labute approximate surface area is 120 Å². The number of hydrogen-bond acceptors (Lipinski definition) is 2. The number of likely N-dealkylation sites (tertiary alicyclic amines) is 1. The summed E-state index contributed by atoms with van der Waals surface area (Å²) in [7, 11) is 0. The maximum absolute atomic E-state index is 13.8. The Kier molecular flexibility index (Phi) is 4.73. The van der Waals surface area contributed by atoms with Crippen LogP contribution in [0, 0.1) is 11.6 Å². The van der Waals surface area contributed by atoms with E-state index in [2.05, 4.69) is 6.58 Å². The zero-order chi connectivity index (χ0) is 14.7. The Hall–Kier alpha value is -1.46. The first kappa shape index (κ1) is 14.9. The van der Waals surface area contributed by atoms with Gasteiger partial charge in [-0.15, -0.1) is 6.58 Å².